The summed E-state index contributed by atoms with van der Waals surface area (Å²) in [4.78, 5) is 0.756. The maximum Gasteiger partial charge on any atom is 0.129 e. The second-order valence-corrected chi connectivity index (χ2v) is 9.26. The zero-order valence-electron chi connectivity index (χ0n) is 14.6. The number of allylic oxidation sites excluding steroid dienone is 1. The first-order chi connectivity index (χ1) is 10.7. The average molecular weight is 330 g/mol. The van der Waals surface area contributed by atoms with E-state index in [0.717, 1.165) is 35.3 Å². The quantitative estimate of drug-likeness (QED) is 0.728. The fraction of sp³-hybridized carbons (Fsp3) is 0.550. The molecule has 0 saturated heterocycles. The van der Waals surface area contributed by atoms with Gasteiger partial charge in [0, 0.05) is 4.90 Å². The highest BCUT2D eigenvalue weighted by Crippen LogP contribution is 2.46. The van der Waals surface area contributed by atoms with Crippen molar-refractivity contribution < 1.29 is 4.21 Å². The van der Waals surface area contributed by atoms with Gasteiger partial charge >= 0.3 is 0 Å². The van der Waals surface area contributed by atoms with Crippen LogP contribution in [-0.4, -0.2) is 9.46 Å². The van der Waals surface area contributed by atoms with Crippen LogP contribution in [0.3, 0.4) is 0 Å². The molecule has 1 fully saturated rings. The van der Waals surface area contributed by atoms with E-state index in [1.54, 1.807) is 0 Å². The smallest absolute Gasteiger partial charge is 0.129 e. The van der Waals surface area contributed by atoms with Gasteiger partial charge in [-0.05, 0) is 62.5 Å². The van der Waals surface area contributed by atoms with Crippen LogP contribution < -0.4 is 0 Å². The van der Waals surface area contributed by atoms with Gasteiger partial charge in [0.1, 0.15) is 5.25 Å². The summed E-state index contributed by atoms with van der Waals surface area (Å²) in [6.07, 6.45) is 3.10. The Morgan fingerprint density at radius 1 is 1.39 bits per heavy atom. The van der Waals surface area contributed by atoms with Crippen LogP contribution in [0.15, 0.2) is 41.3 Å². The monoisotopic (exact) mass is 329 g/mol. The average Bonchev–Trinajstić information content (AvgIpc) is 2.47. The Balaban J connectivity index is 2.33. The number of hydrogen-bond donors (Lipinski definition) is 0. The standard InChI is InChI=1S/C20H27NOS/c1-14(2)17-10-11-20(4,5)12-18(17)19(13-21)23(22)16-8-6-15(3)7-9-16/h6-9,17-19H,1,10-12H2,2-5H3. The highest BCUT2D eigenvalue weighted by molar-refractivity contribution is 7.86. The number of rotatable bonds is 4. The minimum absolute atomic E-state index is 0.114. The van der Waals surface area contributed by atoms with Gasteiger partial charge in [0.15, 0.2) is 0 Å². The van der Waals surface area contributed by atoms with Crippen molar-refractivity contribution in [1.82, 2.24) is 0 Å². The topological polar surface area (TPSA) is 40.9 Å². The highest BCUT2D eigenvalue weighted by atomic mass is 32.2. The molecule has 2 rings (SSSR count). The van der Waals surface area contributed by atoms with Crippen LogP contribution in [-0.2, 0) is 10.8 Å². The molecule has 1 saturated carbocycles. The number of nitriles is 1. The van der Waals surface area contributed by atoms with Gasteiger partial charge in [-0.2, -0.15) is 5.26 Å². The normalized spacial score (nSPS) is 26.0. The van der Waals surface area contributed by atoms with Crippen molar-refractivity contribution in [3.8, 4) is 6.07 Å². The second-order valence-electron chi connectivity index (χ2n) is 7.68. The zero-order valence-corrected chi connectivity index (χ0v) is 15.5. The van der Waals surface area contributed by atoms with E-state index < -0.39 is 16.0 Å². The molecular formula is C20H27NOS. The Morgan fingerprint density at radius 2 is 2.00 bits per heavy atom. The molecule has 0 aliphatic heterocycles. The predicted molar refractivity (Wildman–Crippen MR) is 96.4 cm³/mol. The molecule has 0 amide bonds. The molecule has 124 valence electrons. The van der Waals surface area contributed by atoms with Crippen molar-refractivity contribution in [2.75, 3.05) is 0 Å². The lowest BCUT2D eigenvalue weighted by molar-refractivity contribution is 0.141. The first-order valence-corrected chi connectivity index (χ1v) is 9.49. The molecule has 4 atom stereocenters. The van der Waals surface area contributed by atoms with Crippen LogP contribution in [0.2, 0.25) is 0 Å². The molecule has 0 aromatic heterocycles. The van der Waals surface area contributed by atoms with Crippen molar-refractivity contribution in [3.05, 3.63) is 42.0 Å². The van der Waals surface area contributed by atoms with Crippen molar-refractivity contribution in [2.45, 2.75) is 57.1 Å². The van der Waals surface area contributed by atoms with E-state index in [4.69, 9.17) is 0 Å². The summed E-state index contributed by atoms with van der Waals surface area (Å²) < 4.78 is 13.0. The fourth-order valence-electron chi connectivity index (χ4n) is 3.69. The minimum atomic E-state index is -1.30. The van der Waals surface area contributed by atoms with E-state index in [1.165, 1.54) is 0 Å². The van der Waals surface area contributed by atoms with Gasteiger partial charge in [-0.3, -0.25) is 4.21 Å². The Kier molecular flexibility index (Phi) is 5.47. The molecule has 0 heterocycles. The summed E-state index contributed by atoms with van der Waals surface area (Å²) in [7, 11) is -1.30. The molecule has 0 N–H and O–H groups in total. The van der Waals surface area contributed by atoms with Gasteiger partial charge in [-0.15, -0.1) is 0 Å². The van der Waals surface area contributed by atoms with E-state index in [9.17, 15) is 9.47 Å². The number of aryl methyl sites for hydroxylation is 1. The van der Waals surface area contributed by atoms with E-state index in [1.807, 2.05) is 38.1 Å². The SMILES string of the molecule is C=C(C)C1CCC(C)(C)CC1C(C#N)S(=O)c1ccc(C)cc1. The summed E-state index contributed by atoms with van der Waals surface area (Å²) in [5, 5.41) is 9.29. The maximum atomic E-state index is 13.0. The Labute approximate surface area is 143 Å². The van der Waals surface area contributed by atoms with Crippen LogP contribution in [0.4, 0.5) is 0 Å². The van der Waals surface area contributed by atoms with Gasteiger partial charge in [0.05, 0.1) is 16.9 Å². The molecule has 4 unspecified atom stereocenters. The molecule has 2 nitrogen and oxygen atoms in total. The van der Waals surface area contributed by atoms with Gasteiger partial charge in [0.2, 0.25) is 0 Å². The maximum absolute atomic E-state index is 13.0. The third-order valence-corrected chi connectivity index (χ3v) is 6.72. The van der Waals surface area contributed by atoms with Crippen LogP contribution in [0.25, 0.3) is 0 Å². The van der Waals surface area contributed by atoms with E-state index in [0.29, 0.717) is 5.92 Å². The number of nitrogens with zero attached hydrogens (tertiary/aromatic N) is 1. The molecule has 0 spiro atoms. The van der Waals surface area contributed by atoms with Crippen molar-refractivity contribution in [1.29, 1.82) is 5.26 Å². The molecular weight excluding hydrogens is 302 g/mol. The summed E-state index contributed by atoms with van der Waals surface area (Å²) in [5.41, 5.74) is 2.45. The third kappa shape index (κ3) is 4.12. The Hall–Kier alpha value is -1.40. The molecule has 1 aliphatic carbocycles. The molecule has 23 heavy (non-hydrogen) atoms. The lowest BCUT2D eigenvalue weighted by Crippen LogP contribution is -2.39. The molecule has 0 bridgehead atoms. The predicted octanol–water partition coefficient (Wildman–Crippen LogP) is 5.01. The van der Waals surface area contributed by atoms with Crippen LogP contribution >= 0.6 is 0 Å². The largest absolute Gasteiger partial charge is 0.253 e. The second kappa shape index (κ2) is 7.01. The van der Waals surface area contributed by atoms with Crippen molar-refractivity contribution in [2.24, 2.45) is 17.3 Å². The zero-order chi connectivity index (χ0) is 17.2. The summed E-state index contributed by atoms with van der Waals surface area (Å²) in [6.45, 7) is 12.7. The van der Waals surface area contributed by atoms with Crippen LogP contribution in [0.5, 0.6) is 0 Å². The number of benzene rings is 1. The van der Waals surface area contributed by atoms with Crippen molar-refractivity contribution in [3.63, 3.8) is 0 Å². The third-order valence-electron chi connectivity index (χ3n) is 5.07. The Bertz CT molecular complexity index is 639. The van der Waals surface area contributed by atoms with Crippen LogP contribution in [0.1, 0.15) is 45.6 Å². The lowest BCUT2D eigenvalue weighted by atomic mass is 9.64. The van der Waals surface area contributed by atoms with E-state index >= 15 is 0 Å². The summed E-state index contributed by atoms with van der Waals surface area (Å²) in [5.74, 6) is 0.408. The fourth-order valence-corrected chi connectivity index (χ4v) is 5.09. The molecule has 3 heteroatoms. The van der Waals surface area contributed by atoms with Gasteiger partial charge in [0.25, 0.3) is 0 Å². The van der Waals surface area contributed by atoms with Crippen molar-refractivity contribution >= 4 is 10.8 Å². The Morgan fingerprint density at radius 3 is 2.52 bits per heavy atom. The van der Waals surface area contributed by atoms with Gasteiger partial charge < -0.3 is 0 Å². The first kappa shape index (κ1) is 17.9. The molecule has 1 aromatic rings. The summed E-state index contributed by atoms with van der Waals surface area (Å²) in [6, 6.07) is 10.1. The molecule has 1 aliphatic rings. The first-order valence-electron chi connectivity index (χ1n) is 8.27. The highest BCUT2D eigenvalue weighted by Gasteiger charge is 2.41. The molecule has 1 aromatic carbocycles. The minimum Gasteiger partial charge on any atom is -0.253 e. The van der Waals surface area contributed by atoms with Gasteiger partial charge in [-0.25, -0.2) is 0 Å². The van der Waals surface area contributed by atoms with E-state index in [2.05, 4.69) is 26.5 Å². The summed E-state index contributed by atoms with van der Waals surface area (Å²) >= 11 is 0. The lowest BCUT2D eigenvalue weighted by Gasteiger charge is -2.42. The number of hydrogen-bond acceptors (Lipinski definition) is 2. The van der Waals surface area contributed by atoms with E-state index in [-0.39, 0.29) is 11.3 Å². The van der Waals surface area contributed by atoms with Gasteiger partial charge in [-0.1, -0.05) is 43.7 Å². The molecule has 0 radical (unpaired) electrons. The van der Waals surface area contributed by atoms with Crippen LogP contribution in [0, 0.1) is 35.5 Å².